The first kappa shape index (κ1) is 11.9. The monoisotopic (exact) mass is 277 g/mol. The van der Waals surface area contributed by atoms with Gasteiger partial charge in [-0.2, -0.15) is 9.61 Å². The van der Waals surface area contributed by atoms with Crippen LogP contribution in [0.5, 0.6) is 0 Å². The molecule has 2 aliphatic heterocycles. The molecule has 8 heteroatoms. The van der Waals surface area contributed by atoms with Crippen LogP contribution in [-0.2, 0) is 9.47 Å². The summed E-state index contributed by atoms with van der Waals surface area (Å²) in [5.74, 6) is 0.232. The van der Waals surface area contributed by atoms with Gasteiger partial charge in [-0.15, -0.1) is 5.10 Å². The van der Waals surface area contributed by atoms with Gasteiger partial charge in [0.2, 0.25) is 0 Å². The molecule has 0 atom stereocenters. The Balaban J connectivity index is 1.67. The predicted molar refractivity (Wildman–Crippen MR) is 69.7 cm³/mol. The van der Waals surface area contributed by atoms with E-state index >= 15 is 0 Å². The zero-order chi connectivity index (χ0) is 13.6. The van der Waals surface area contributed by atoms with Crippen LogP contribution in [0, 0.1) is 0 Å². The number of hydrogen-bond donors (Lipinski definition) is 1. The van der Waals surface area contributed by atoms with Crippen molar-refractivity contribution in [2.75, 3.05) is 31.2 Å². The molecule has 0 saturated carbocycles. The van der Waals surface area contributed by atoms with Crippen LogP contribution in [0.1, 0.15) is 12.8 Å². The predicted octanol–water partition coefficient (Wildman–Crippen LogP) is -0.239. The molecule has 4 rings (SSSR count). The first-order chi connectivity index (χ1) is 9.76. The summed E-state index contributed by atoms with van der Waals surface area (Å²) in [5.41, 5.74) is 0.181. The van der Waals surface area contributed by atoms with E-state index in [2.05, 4.69) is 20.2 Å². The van der Waals surface area contributed by atoms with Crippen LogP contribution in [0.4, 0.5) is 5.82 Å². The highest BCUT2D eigenvalue weighted by Gasteiger charge is 2.41. The molecule has 4 heterocycles. The van der Waals surface area contributed by atoms with Gasteiger partial charge in [0.15, 0.2) is 11.4 Å². The average molecular weight is 277 g/mol. The molecule has 20 heavy (non-hydrogen) atoms. The summed E-state index contributed by atoms with van der Waals surface area (Å²) >= 11 is 0. The number of nitrogens with zero attached hydrogens (tertiary/aromatic N) is 4. The Morgan fingerprint density at radius 1 is 1.30 bits per heavy atom. The molecule has 0 bridgehead atoms. The molecule has 0 amide bonds. The lowest BCUT2D eigenvalue weighted by atomic mass is 10.0. The molecule has 2 aromatic heterocycles. The SMILES string of the molecule is O=c1[nH]nc2ccc(N3CCCC4(C3)OCCO4)nn12. The molecule has 0 aromatic carbocycles. The number of ether oxygens (including phenoxy) is 2. The van der Waals surface area contributed by atoms with E-state index in [1.54, 1.807) is 6.07 Å². The number of rotatable bonds is 1. The van der Waals surface area contributed by atoms with Gasteiger partial charge in [0.1, 0.15) is 5.82 Å². The Labute approximate surface area is 114 Å². The highest BCUT2D eigenvalue weighted by atomic mass is 16.7. The van der Waals surface area contributed by atoms with Crippen LogP contribution in [-0.4, -0.2) is 51.9 Å². The quantitative estimate of drug-likeness (QED) is 0.774. The Hall–Kier alpha value is -1.93. The van der Waals surface area contributed by atoms with E-state index in [1.807, 2.05) is 6.07 Å². The van der Waals surface area contributed by atoms with E-state index < -0.39 is 5.79 Å². The molecule has 106 valence electrons. The molecule has 0 radical (unpaired) electrons. The molecule has 2 aliphatic rings. The summed E-state index contributed by atoms with van der Waals surface area (Å²) in [7, 11) is 0. The third-order valence-corrected chi connectivity index (χ3v) is 3.81. The van der Waals surface area contributed by atoms with Gasteiger partial charge in [-0.1, -0.05) is 0 Å². The van der Waals surface area contributed by atoms with Crippen molar-refractivity contribution in [1.29, 1.82) is 0 Å². The highest BCUT2D eigenvalue weighted by molar-refractivity contribution is 5.45. The minimum Gasteiger partial charge on any atom is -0.350 e. The van der Waals surface area contributed by atoms with E-state index in [0.717, 1.165) is 25.2 Å². The molecular weight excluding hydrogens is 262 g/mol. The van der Waals surface area contributed by atoms with E-state index in [9.17, 15) is 4.79 Å². The van der Waals surface area contributed by atoms with Crippen molar-refractivity contribution in [3.8, 4) is 0 Å². The standard InChI is InChI=1S/C12H15N5O3/c18-11-14-13-9-2-3-10(15-17(9)11)16-5-1-4-12(8-16)19-6-7-20-12/h2-3H,1,4-8H2,(H,14,18). The molecule has 0 aliphatic carbocycles. The minimum absolute atomic E-state index is 0.332. The van der Waals surface area contributed by atoms with E-state index in [-0.39, 0.29) is 5.69 Å². The van der Waals surface area contributed by atoms with Gasteiger partial charge in [-0.05, 0) is 18.6 Å². The number of aromatic nitrogens is 4. The zero-order valence-corrected chi connectivity index (χ0v) is 10.9. The molecule has 1 spiro atoms. The van der Waals surface area contributed by atoms with Gasteiger partial charge in [0.25, 0.3) is 0 Å². The van der Waals surface area contributed by atoms with Crippen molar-refractivity contribution in [3.63, 3.8) is 0 Å². The first-order valence-electron chi connectivity index (χ1n) is 6.73. The summed E-state index contributed by atoms with van der Waals surface area (Å²) in [5, 5.41) is 10.6. The van der Waals surface area contributed by atoms with Gasteiger partial charge < -0.3 is 14.4 Å². The van der Waals surface area contributed by atoms with Crippen molar-refractivity contribution >= 4 is 11.5 Å². The van der Waals surface area contributed by atoms with Crippen LogP contribution in [0.2, 0.25) is 0 Å². The maximum Gasteiger partial charge on any atom is 0.364 e. The third kappa shape index (κ3) is 1.80. The van der Waals surface area contributed by atoms with Crippen LogP contribution >= 0.6 is 0 Å². The van der Waals surface area contributed by atoms with Gasteiger partial charge in [-0.3, -0.25) is 0 Å². The summed E-state index contributed by atoms with van der Waals surface area (Å²) in [4.78, 5) is 13.7. The number of anilines is 1. The van der Waals surface area contributed by atoms with Gasteiger partial charge in [-0.25, -0.2) is 9.89 Å². The minimum atomic E-state index is -0.504. The van der Waals surface area contributed by atoms with Crippen LogP contribution in [0.3, 0.4) is 0 Å². The smallest absolute Gasteiger partial charge is 0.350 e. The van der Waals surface area contributed by atoms with Gasteiger partial charge in [0, 0.05) is 13.0 Å². The Bertz CT molecular complexity index is 688. The topological polar surface area (TPSA) is 84.8 Å². The Morgan fingerprint density at radius 3 is 3.00 bits per heavy atom. The van der Waals surface area contributed by atoms with Crippen molar-refractivity contribution in [3.05, 3.63) is 22.6 Å². The fourth-order valence-corrected chi connectivity index (χ4v) is 2.88. The normalized spacial score (nSPS) is 21.9. The molecule has 2 aromatic rings. The highest BCUT2D eigenvalue weighted by Crippen LogP contribution is 2.31. The largest absolute Gasteiger partial charge is 0.364 e. The number of nitrogens with one attached hydrogen (secondary N) is 1. The molecule has 2 saturated heterocycles. The maximum atomic E-state index is 11.6. The lowest BCUT2D eigenvalue weighted by molar-refractivity contribution is -0.161. The molecule has 2 fully saturated rings. The average Bonchev–Trinajstić information content (AvgIpc) is 3.07. The number of H-pyrrole nitrogens is 1. The van der Waals surface area contributed by atoms with Crippen molar-refractivity contribution < 1.29 is 9.47 Å². The van der Waals surface area contributed by atoms with Gasteiger partial charge in [0.05, 0.1) is 19.8 Å². The lowest BCUT2D eigenvalue weighted by Gasteiger charge is -2.38. The fourth-order valence-electron chi connectivity index (χ4n) is 2.88. The number of fused-ring (bicyclic) bond motifs is 1. The number of aromatic amines is 1. The molecule has 0 unspecified atom stereocenters. The van der Waals surface area contributed by atoms with E-state index in [4.69, 9.17) is 9.47 Å². The molecule has 8 nitrogen and oxygen atoms in total. The van der Waals surface area contributed by atoms with Crippen LogP contribution in [0.25, 0.3) is 5.65 Å². The fraction of sp³-hybridized carbons (Fsp3) is 0.583. The Kier molecular flexibility index (Phi) is 2.54. The molecule has 1 N–H and O–H groups in total. The molecular formula is C12H15N5O3. The zero-order valence-electron chi connectivity index (χ0n) is 10.9. The van der Waals surface area contributed by atoms with Crippen molar-refractivity contribution in [2.45, 2.75) is 18.6 Å². The number of piperidine rings is 1. The van der Waals surface area contributed by atoms with Crippen molar-refractivity contribution in [1.82, 2.24) is 19.8 Å². The second kappa shape index (κ2) is 4.29. The maximum absolute atomic E-state index is 11.6. The Morgan fingerprint density at radius 2 is 2.15 bits per heavy atom. The summed E-state index contributed by atoms with van der Waals surface area (Å²) < 4.78 is 12.8. The second-order valence-corrected chi connectivity index (χ2v) is 5.12. The first-order valence-corrected chi connectivity index (χ1v) is 6.73. The van der Waals surface area contributed by atoms with Crippen LogP contribution in [0.15, 0.2) is 16.9 Å². The summed E-state index contributed by atoms with van der Waals surface area (Å²) in [6, 6.07) is 3.64. The summed E-state index contributed by atoms with van der Waals surface area (Å²) in [6.45, 7) is 2.79. The van der Waals surface area contributed by atoms with Gasteiger partial charge >= 0.3 is 5.69 Å². The summed E-state index contributed by atoms with van der Waals surface area (Å²) in [6.07, 6.45) is 1.87. The third-order valence-electron chi connectivity index (χ3n) is 3.81. The van der Waals surface area contributed by atoms with Crippen molar-refractivity contribution in [2.24, 2.45) is 0 Å². The van der Waals surface area contributed by atoms with E-state index in [1.165, 1.54) is 4.52 Å². The van der Waals surface area contributed by atoms with Crippen LogP contribution < -0.4 is 10.6 Å². The lowest BCUT2D eigenvalue weighted by Crippen LogP contribution is -2.49. The van der Waals surface area contributed by atoms with E-state index in [0.29, 0.717) is 25.4 Å². The number of hydrogen-bond acceptors (Lipinski definition) is 6. The second-order valence-electron chi connectivity index (χ2n) is 5.12.